The van der Waals surface area contributed by atoms with Gasteiger partial charge in [-0.25, -0.2) is 4.98 Å². The maximum absolute atomic E-state index is 12.6. The van der Waals surface area contributed by atoms with Crippen LogP contribution < -0.4 is 0 Å². The summed E-state index contributed by atoms with van der Waals surface area (Å²) in [7, 11) is 0. The minimum absolute atomic E-state index is 0.161. The number of carbonyl (C=O) groups excluding carboxylic acids is 1. The molecule has 1 aromatic carbocycles. The van der Waals surface area contributed by atoms with Crippen molar-refractivity contribution in [1.82, 2.24) is 14.9 Å². The van der Waals surface area contributed by atoms with Gasteiger partial charge in [0.25, 0.3) is 5.91 Å². The van der Waals surface area contributed by atoms with Gasteiger partial charge in [-0.15, -0.1) is 0 Å². The molecule has 1 amide bonds. The number of hydrogen-bond donors (Lipinski definition) is 0. The summed E-state index contributed by atoms with van der Waals surface area (Å²) in [6, 6.07) is 4.59. The van der Waals surface area contributed by atoms with Crippen LogP contribution in [0.15, 0.2) is 36.7 Å². The molecule has 1 fully saturated rings. The summed E-state index contributed by atoms with van der Waals surface area (Å²) in [5.41, 5.74) is 0.240. The molecule has 5 nitrogen and oxygen atoms in total. The smallest absolute Gasteiger partial charge is 0.378 e. The highest BCUT2D eigenvalue weighted by Gasteiger charge is 2.30. The monoisotopic (exact) mass is 337 g/mol. The molecule has 0 unspecified atom stereocenters. The fourth-order valence-corrected chi connectivity index (χ4v) is 2.37. The molecule has 0 saturated carbocycles. The molecule has 1 aliphatic rings. The van der Waals surface area contributed by atoms with E-state index in [4.69, 9.17) is 4.74 Å². The van der Waals surface area contributed by atoms with E-state index >= 15 is 0 Å². The number of halogens is 3. The van der Waals surface area contributed by atoms with Gasteiger partial charge in [0.1, 0.15) is 5.69 Å². The fourth-order valence-electron chi connectivity index (χ4n) is 2.37. The molecule has 126 valence electrons. The van der Waals surface area contributed by atoms with Crippen LogP contribution in [-0.4, -0.2) is 47.1 Å². The van der Waals surface area contributed by atoms with Gasteiger partial charge in [0.2, 0.25) is 0 Å². The van der Waals surface area contributed by atoms with Crippen molar-refractivity contribution in [3.8, 4) is 11.3 Å². The first-order valence-electron chi connectivity index (χ1n) is 7.32. The van der Waals surface area contributed by atoms with Crippen LogP contribution >= 0.6 is 0 Å². The maximum Gasteiger partial charge on any atom is 0.416 e. The topological polar surface area (TPSA) is 55.3 Å². The summed E-state index contributed by atoms with van der Waals surface area (Å²) < 4.78 is 43.0. The SMILES string of the molecule is O=C(c1cncc(-c2ccc(C(F)(F)F)cc2)n1)N1CCOCC1. The van der Waals surface area contributed by atoms with Gasteiger partial charge in [-0.05, 0) is 12.1 Å². The van der Waals surface area contributed by atoms with Gasteiger partial charge in [0.15, 0.2) is 0 Å². The van der Waals surface area contributed by atoms with E-state index in [-0.39, 0.29) is 11.6 Å². The Balaban J connectivity index is 1.83. The summed E-state index contributed by atoms with van der Waals surface area (Å²) in [6.45, 7) is 1.89. The molecular weight excluding hydrogens is 323 g/mol. The lowest BCUT2D eigenvalue weighted by Crippen LogP contribution is -2.41. The number of carbonyl (C=O) groups is 1. The predicted octanol–water partition coefficient (Wildman–Crippen LogP) is 2.63. The van der Waals surface area contributed by atoms with Gasteiger partial charge in [0.05, 0.1) is 36.9 Å². The summed E-state index contributed by atoms with van der Waals surface area (Å²) in [4.78, 5) is 22.2. The minimum atomic E-state index is -4.39. The van der Waals surface area contributed by atoms with Gasteiger partial charge >= 0.3 is 6.18 Å². The van der Waals surface area contributed by atoms with Gasteiger partial charge in [-0.3, -0.25) is 9.78 Å². The number of alkyl halides is 3. The molecule has 1 aromatic heterocycles. The first-order valence-corrected chi connectivity index (χ1v) is 7.32. The Bertz CT molecular complexity index is 726. The number of morpholine rings is 1. The van der Waals surface area contributed by atoms with Crippen LogP contribution in [0, 0.1) is 0 Å². The molecule has 3 rings (SSSR count). The first kappa shape index (κ1) is 16.4. The van der Waals surface area contributed by atoms with Crippen LogP contribution in [0.4, 0.5) is 13.2 Å². The molecule has 0 N–H and O–H groups in total. The van der Waals surface area contributed by atoms with Gasteiger partial charge < -0.3 is 9.64 Å². The van der Waals surface area contributed by atoms with E-state index in [2.05, 4.69) is 9.97 Å². The summed E-state index contributed by atoms with van der Waals surface area (Å²) in [5.74, 6) is -0.264. The van der Waals surface area contributed by atoms with Crippen LogP contribution in [0.3, 0.4) is 0 Å². The van der Waals surface area contributed by atoms with Crippen molar-refractivity contribution in [3.63, 3.8) is 0 Å². The minimum Gasteiger partial charge on any atom is -0.378 e. The van der Waals surface area contributed by atoms with Crippen molar-refractivity contribution in [2.75, 3.05) is 26.3 Å². The van der Waals surface area contributed by atoms with Gasteiger partial charge in [-0.1, -0.05) is 12.1 Å². The van der Waals surface area contributed by atoms with Crippen LogP contribution in [0.1, 0.15) is 16.1 Å². The molecule has 24 heavy (non-hydrogen) atoms. The zero-order chi connectivity index (χ0) is 17.2. The van der Waals surface area contributed by atoms with Crippen molar-refractivity contribution in [3.05, 3.63) is 47.9 Å². The van der Waals surface area contributed by atoms with E-state index in [9.17, 15) is 18.0 Å². The summed E-state index contributed by atoms with van der Waals surface area (Å²) >= 11 is 0. The third kappa shape index (κ3) is 3.53. The lowest BCUT2D eigenvalue weighted by Gasteiger charge is -2.26. The van der Waals surface area contributed by atoms with Crippen molar-refractivity contribution < 1.29 is 22.7 Å². The average molecular weight is 337 g/mol. The quantitative estimate of drug-likeness (QED) is 0.845. The zero-order valence-electron chi connectivity index (χ0n) is 12.6. The molecule has 1 aliphatic heterocycles. The van der Waals surface area contributed by atoms with E-state index in [0.717, 1.165) is 12.1 Å². The zero-order valence-corrected chi connectivity index (χ0v) is 12.6. The molecule has 0 radical (unpaired) electrons. The van der Waals surface area contributed by atoms with E-state index in [1.807, 2.05) is 0 Å². The molecule has 0 spiro atoms. The number of aromatic nitrogens is 2. The predicted molar refractivity (Wildman–Crippen MR) is 79.2 cm³/mol. The van der Waals surface area contributed by atoms with Crippen molar-refractivity contribution in [2.45, 2.75) is 6.18 Å². The number of nitrogens with zero attached hydrogens (tertiary/aromatic N) is 3. The lowest BCUT2D eigenvalue weighted by atomic mass is 10.1. The van der Waals surface area contributed by atoms with Crippen LogP contribution in [-0.2, 0) is 10.9 Å². The third-order valence-electron chi connectivity index (χ3n) is 3.66. The maximum atomic E-state index is 12.6. The Morgan fingerprint density at radius 1 is 1.08 bits per heavy atom. The second-order valence-electron chi connectivity index (χ2n) is 5.27. The molecule has 8 heteroatoms. The number of hydrogen-bond acceptors (Lipinski definition) is 4. The second-order valence-corrected chi connectivity index (χ2v) is 5.27. The summed E-state index contributed by atoms with van der Waals surface area (Å²) in [6.07, 6.45) is -1.62. The van der Waals surface area contributed by atoms with Gasteiger partial charge in [-0.2, -0.15) is 13.2 Å². The highest BCUT2D eigenvalue weighted by molar-refractivity contribution is 5.92. The summed E-state index contributed by atoms with van der Waals surface area (Å²) in [5, 5.41) is 0. The average Bonchev–Trinajstić information content (AvgIpc) is 2.61. The Morgan fingerprint density at radius 3 is 2.38 bits per heavy atom. The van der Waals surface area contributed by atoms with Crippen LogP contribution in [0.2, 0.25) is 0 Å². The lowest BCUT2D eigenvalue weighted by molar-refractivity contribution is -0.137. The first-order chi connectivity index (χ1) is 11.4. The highest BCUT2D eigenvalue weighted by atomic mass is 19.4. The van der Waals surface area contributed by atoms with E-state index in [1.54, 1.807) is 4.90 Å². The molecule has 2 heterocycles. The van der Waals surface area contributed by atoms with Crippen LogP contribution in [0.25, 0.3) is 11.3 Å². The Morgan fingerprint density at radius 2 is 1.75 bits per heavy atom. The Hall–Kier alpha value is -2.48. The van der Waals surface area contributed by atoms with Crippen LogP contribution in [0.5, 0.6) is 0 Å². The molecule has 0 bridgehead atoms. The van der Waals surface area contributed by atoms with E-state index in [0.29, 0.717) is 37.6 Å². The molecular formula is C16H14F3N3O2. The van der Waals surface area contributed by atoms with E-state index < -0.39 is 11.7 Å². The Kier molecular flexibility index (Phi) is 4.48. The third-order valence-corrected chi connectivity index (χ3v) is 3.66. The van der Waals surface area contributed by atoms with Crippen molar-refractivity contribution in [2.24, 2.45) is 0 Å². The highest BCUT2D eigenvalue weighted by Crippen LogP contribution is 2.30. The van der Waals surface area contributed by atoms with Gasteiger partial charge in [0, 0.05) is 18.7 Å². The van der Waals surface area contributed by atoms with Crippen molar-refractivity contribution >= 4 is 5.91 Å². The number of ether oxygens (including phenoxy) is 1. The largest absolute Gasteiger partial charge is 0.416 e. The number of rotatable bonds is 2. The second kappa shape index (κ2) is 6.56. The van der Waals surface area contributed by atoms with Crippen molar-refractivity contribution in [1.29, 1.82) is 0 Å². The van der Waals surface area contributed by atoms with E-state index in [1.165, 1.54) is 24.5 Å². The molecule has 0 atom stereocenters. The molecule has 2 aromatic rings. The Labute approximate surface area is 136 Å². The molecule has 0 aliphatic carbocycles. The molecule has 1 saturated heterocycles. The normalized spacial score (nSPS) is 15.4. The fraction of sp³-hybridized carbons (Fsp3) is 0.312. The standard InChI is InChI=1S/C16H14F3N3O2/c17-16(18,19)12-3-1-11(2-4-12)13-9-20-10-14(21-13)15(23)22-5-7-24-8-6-22/h1-4,9-10H,5-8H2. The number of benzene rings is 1. The number of amides is 1.